The van der Waals surface area contributed by atoms with Crippen LogP contribution in [0.2, 0.25) is 5.02 Å². The molecule has 4 rings (SSSR count). The number of nitrogens with zero attached hydrogens (tertiary/aromatic N) is 2. The van der Waals surface area contributed by atoms with Gasteiger partial charge in [-0.3, -0.25) is 9.69 Å². The van der Waals surface area contributed by atoms with Gasteiger partial charge < -0.3 is 14.1 Å². The first-order chi connectivity index (χ1) is 14.9. The predicted molar refractivity (Wildman–Crippen MR) is 115 cm³/mol. The van der Waals surface area contributed by atoms with Gasteiger partial charge in [0.05, 0.1) is 7.11 Å². The second-order valence-electron chi connectivity index (χ2n) is 7.47. The fraction of sp³-hybridized carbons (Fsp3) is 0.304. The minimum absolute atomic E-state index is 0.213. The maximum absolute atomic E-state index is 13.6. The standard InChI is InChI=1S/C23H22ClFN2O4/c1-14-17-13-15(25)7-8-19(17)31-21(14)22(28)27-11-9-26(10-12-27)20(23(29)30-2)16-5-3-4-6-18(16)24/h3-8,13,20H,9-12H2,1-2H3. The van der Waals surface area contributed by atoms with Crippen LogP contribution in [0.5, 0.6) is 0 Å². The van der Waals surface area contributed by atoms with Crippen LogP contribution in [-0.2, 0) is 9.53 Å². The Hall–Kier alpha value is -2.90. The largest absolute Gasteiger partial charge is 0.468 e. The van der Waals surface area contributed by atoms with Crippen molar-refractivity contribution in [1.29, 1.82) is 0 Å². The molecular weight excluding hydrogens is 423 g/mol. The third kappa shape index (κ3) is 4.03. The second-order valence-corrected chi connectivity index (χ2v) is 7.88. The van der Waals surface area contributed by atoms with Crippen LogP contribution in [0, 0.1) is 12.7 Å². The zero-order chi connectivity index (χ0) is 22.1. The van der Waals surface area contributed by atoms with E-state index < -0.39 is 12.0 Å². The van der Waals surface area contributed by atoms with Crippen LogP contribution in [0.3, 0.4) is 0 Å². The SMILES string of the molecule is COC(=O)C(c1ccccc1Cl)N1CCN(C(=O)c2oc3ccc(F)cc3c2C)CC1. The number of ether oxygens (including phenoxy) is 1. The Morgan fingerprint density at radius 3 is 2.52 bits per heavy atom. The monoisotopic (exact) mass is 444 g/mol. The molecule has 1 fully saturated rings. The molecule has 0 radical (unpaired) electrons. The number of rotatable bonds is 4. The minimum atomic E-state index is -0.646. The van der Waals surface area contributed by atoms with Crippen molar-refractivity contribution in [3.05, 3.63) is 70.2 Å². The van der Waals surface area contributed by atoms with E-state index in [0.29, 0.717) is 53.3 Å². The van der Waals surface area contributed by atoms with Crippen molar-refractivity contribution in [3.8, 4) is 0 Å². The molecule has 0 spiro atoms. The third-order valence-corrected chi connectivity index (χ3v) is 6.03. The summed E-state index contributed by atoms with van der Waals surface area (Å²) < 4.78 is 24.3. The summed E-state index contributed by atoms with van der Waals surface area (Å²) in [6, 6.07) is 10.7. The average Bonchev–Trinajstić information content (AvgIpc) is 3.11. The smallest absolute Gasteiger partial charge is 0.327 e. The van der Waals surface area contributed by atoms with Crippen molar-refractivity contribution in [1.82, 2.24) is 9.80 Å². The fourth-order valence-electron chi connectivity index (χ4n) is 4.01. The molecule has 6 nitrogen and oxygen atoms in total. The van der Waals surface area contributed by atoms with Crippen LogP contribution in [0.15, 0.2) is 46.9 Å². The van der Waals surface area contributed by atoms with E-state index in [0.717, 1.165) is 0 Å². The normalized spacial score (nSPS) is 15.8. The lowest BCUT2D eigenvalue weighted by molar-refractivity contribution is -0.148. The molecule has 1 aliphatic rings. The van der Waals surface area contributed by atoms with Crippen molar-refractivity contribution in [2.24, 2.45) is 0 Å². The van der Waals surface area contributed by atoms with Gasteiger partial charge in [0.25, 0.3) is 5.91 Å². The maximum atomic E-state index is 13.6. The van der Waals surface area contributed by atoms with Crippen LogP contribution in [0.25, 0.3) is 11.0 Å². The summed E-state index contributed by atoms with van der Waals surface area (Å²) in [5.74, 6) is -0.814. The Balaban J connectivity index is 1.52. The van der Waals surface area contributed by atoms with Gasteiger partial charge in [-0.25, -0.2) is 9.18 Å². The Morgan fingerprint density at radius 1 is 1.13 bits per heavy atom. The molecule has 2 aromatic carbocycles. The molecule has 3 aromatic rings. The van der Waals surface area contributed by atoms with Crippen LogP contribution >= 0.6 is 11.6 Å². The molecule has 0 saturated carbocycles. The summed E-state index contributed by atoms with van der Waals surface area (Å²) in [6.07, 6.45) is 0. The van der Waals surface area contributed by atoms with Crippen LogP contribution in [0.1, 0.15) is 27.7 Å². The summed E-state index contributed by atoms with van der Waals surface area (Å²) in [4.78, 5) is 29.2. The molecule has 0 N–H and O–H groups in total. The fourth-order valence-corrected chi connectivity index (χ4v) is 4.24. The van der Waals surface area contributed by atoms with Crippen molar-refractivity contribution >= 4 is 34.4 Å². The number of benzene rings is 2. The van der Waals surface area contributed by atoms with E-state index in [9.17, 15) is 14.0 Å². The van der Waals surface area contributed by atoms with Gasteiger partial charge in [0, 0.05) is 42.2 Å². The van der Waals surface area contributed by atoms with Crippen molar-refractivity contribution in [3.63, 3.8) is 0 Å². The molecule has 1 unspecified atom stereocenters. The molecule has 1 aliphatic heterocycles. The highest BCUT2D eigenvalue weighted by Gasteiger charge is 2.34. The zero-order valence-electron chi connectivity index (χ0n) is 17.2. The first kappa shape index (κ1) is 21.3. The van der Waals surface area contributed by atoms with E-state index in [2.05, 4.69) is 0 Å². The molecule has 1 saturated heterocycles. The summed E-state index contributed by atoms with van der Waals surface area (Å²) in [5.41, 5.74) is 1.77. The number of carbonyl (C=O) groups is 2. The number of halogens is 2. The van der Waals surface area contributed by atoms with Gasteiger partial charge in [-0.05, 0) is 36.8 Å². The van der Waals surface area contributed by atoms with E-state index in [1.807, 2.05) is 11.0 Å². The molecule has 0 bridgehead atoms. The van der Waals surface area contributed by atoms with Crippen molar-refractivity contribution in [2.45, 2.75) is 13.0 Å². The van der Waals surface area contributed by atoms with E-state index in [4.69, 9.17) is 20.8 Å². The van der Waals surface area contributed by atoms with Gasteiger partial charge in [-0.15, -0.1) is 0 Å². The summed E-state index contributed by atoms with van der Waals surface area (Å²) >= 11 is 6.33. The van der Waals surface area contributed by atoms with E-state index in [-0.39, 0.29) is 17.5 Å². The molecule has 1 amide bonds. The Bertz CT molecular complexity index is 1140. The maximum Gasteiger partial charge on any atom is 0.327 e. The summed E-state index contributed by atoms with van der Waals surface area (Å²) in [5, 5.41) is 1.08. The topological polar surface area (TPSA) is 63.0 Å². The number of amides is 1. The quantitative estimate of drug-likeness (QED) is 0.564. The molecule has 1 aromatic heterocycles. The lowest BCUT2D eigenvalue weighted by atomic mass is 10.0. The Morgan fingerprint density at radius 2 is 1.84 bits per heavy atom. The highest BCUT2D eigenvalue weighted by molar-refractivity contribution is 6.31. The number of hydrogen-bond donors (Lipinski definition) is 0. The van der Waals surface area contributed by atoms with Gasteiger partial charge >= 0.3 is 5.97 Å². The van der Waals surface area contributed by atoms with E-state index in [1.54, 1.807) is 30.0 Å². The zero-order valence-corrected chi connectivity index (χ0v) is 18.0. The van der Waals surface area contributed by atoms with Gasteiger partial charge in [0.15, 0.2) is 5.76 Å². The van der Waals surface area contributed by atoms with Crippen LogP contribution in [-0.4, -0.2) is 55.0 Å². The van der Waals surface area contributed by atoms with Crippen LogP contribution < -0.4 is 0 Å². The molecule has 2 heterocycles. The lowest BCUT2D eigenvalue weighted by Gasteiger charge is -2.38. The highest BCUT2D eigenvalue weighted by atomic mass is 35.5. The lowest BCUT2D eigenvalue weighted by Crippen LogP contribution is -2.51. The van der Waals surface area contributed by atoms with Gasteiger partial charge in [0.2, 0.25) is 0 Å². The second kappa shape index (κ2) is 8.69. The molecule has 31 heavy (non-hydrogen) atoms. The Kier molecular flexibility index (Phi) is 5.98. The number of fused-ring (bicyclic) bond motifs is 1. The average molecular weight is 445 g/mol. The first-order valence-corrected chi connectivity index (χ1v) is 10.3. The predicted octanol–water partition coefficient (Wildman–Crippen LogP) is 4.21. The van der Waals surface area contributed by atoms with Crippen molar-refractivity contribution in [2.75, 3.05) is 33.3 Å². The van der Waals surface area contributed by atoms with E-state index >= 15 is 0 Å². The van der Waals surface area contributed by atoms with Gasteiger partial charge in [0.1, 0.15) is 17.4 Å². The number of methoxy groups -OCH3 is 1. The third-order valence-electron chi connectivity index (χ3n) is 5.68. The number of furan rings is 1. The molecule has 0 aliphatic carbocycles. The minimum Gasteiger partial charge on any atom is -0.468 e. The van der Waals surface area contributed by atoms with Crippen molar-refractivity contribution < 1.29 is 23.1 Å². The molecule has 162 valence electrons. The summed E-state index contributed by atoms with van der Waals surface area (Å²) in [6.45, 7) is 3.48. The van der Waals surface area contributed by atoms with Crippen LogP contribution in [0.4, 0.5) is 4.39 Å². The molecule has 8 heteroatoms. The number of aryl methyl sites for hydroxylation is 1. The van der Waals surface area contributed by atoms with E-state index in [1.165, 1.54) is 25.3 Å². The van der Waals surface area contributed by atoms with Gasteiger partial charge in [-0.1, -0.05) is 29.8 Å². The highest BCUT2D eigenvalue weighted by Crippen LogP contribution is 2.31. The number of carbonyl (C=O) groups excluding carboxylic acids is 2. The first-order valence-electron chi connectivity index (χ1n) is 9.95. The number of esters is 1. The molecule has 1 atom stereocenters. The summed E-state index contributed by atoms with van der Waals surface area (Å²) in [7, 11) is 1.35. The van der Waals surface area contributed by atoms with Gasteiger partial charge in [-0.2, -0.15) is 0 Å². The molecular formula is C23H22ClFN2O4. The number of piperazine rings is 1. The Labute approximate surface area is 184 Å². The number of hydrogen-bond acceptors (Lipinski definition) is 5.